The van der Waals surface area contributed by atoms with Crippen LogP contribution in [0.25, 0.3) is 22.1 Å². The first-order valence-corrected chi connectivity index (χ1v) is 9.02. The van der Waals surface area contributed by atoms with Gasteiger partial charge in [-0.1, -0.05) is 0 Å². The van der Waals surface area contributed by atoms with Crippen molar-refractivity contribution >= 4 is 28.1 Å². The van der Waals surface area contributed by atoms with Crippen molar-refractivity contribution in [3.8, 4) is 0 Å². The number of oxazole rings is 1. The Morgan fingerprint density at radius 2 is 1.72 bits per heavy atom. The smallest absolute Gasteiger partial charge is 0.339 e. The largest absolute Gasteiger partial charge is 0.423 e. The third kappa shape index (κ3) is 2.43. The minimum absolute atomic E-state index is 0.194. The third-order valence-corrected chi connectivity index (χ3v) is 5.49. The highest BCUT2D eigenvalue weighted by Gasteiger charge is 2.22. The Kier molecular flexibility index (Phi) is 3.35. The first-order chi connectivity index (χ1) is 12.2. The van der Waals surface area contributed by atoms with Crippen LogP contribution in [-0.4, -0.2) is 43.1 Å². The van der Waals surface area contributed by atoms with Crippen LogP contribution < -0.4 is 10.5 Å². The molecule has 130 valence electrons. The highest BCUT2D eigenvalue weighted by Crippen LogP contribution is 2.31. The predicted molar refractivity (Wildman–Crippen MR) is 96.4 cm³/mol. The van der Waals surface area contributed by atoms with Crippen LogP contribution in [0.4, 0.5) is 6.01 Å². The van der Waals surface area contributed by atoms with Crippen LogP contribution in [0.3, 0.4) is 0 Å². The molecule has 0 amide bonds. The zero-order chi connectivity index (χ0) is 17.0. The summed E-state index contributed by atoms with van der Waals surface area (Å²) >= 11 is 0. The van der Waals surface area contributed by atoms with Crippen molar-refractivity contribution in [3.63, 3.8) is 0 Å². The first kappa shape index (κ1) is 15.0. The van der Waals surface area contributed by atoms with Crippen LogP contribution in [-0.2, 0) is 12.8 Å². The van der Waals surface area contributed by atoms with E-state index in [4.69, 9.17) is 13.8 Å². The van der Waals surface area contributed by atoms with Crippen LogP contribution in [0.2, 0.25) is 0 Å². The Morgan fingerprint density at radius 1 is 0.960 bits per heavy atom. The SMILES string of the molecule is CN1CCN(c2nc3cc4c5c(c(=O)oc4cc3o2)CCCC5)CC1. The first-order valence-electron chi connectivity index (χ1n) is 9.02. The van der Waals surface area contributed by atoms with Gasteiger partial charge in [-0.3, -0.25) is 0 Å². The molecule has 0 saturated carbocycles. The number of anilines is 1. The molecule has 3 aromatic rings. The Labute approximate surface area is 145 Å². The fourth-order valence-electron chi connectivity index (χ4n) is 3.99. The van der Waals surface area contributed by atoms with Crippen molar-refractivity contribution in [3.05, 3.63) is 33.7 Å². The van der Waals surface area contributed by atoms with E-state index in [1.807, 2.05) is 12.1 Å². The van der Waals surface area contributed by atoms with Gasteiger partial charge in [-0.25, -0.2) is 4.79 Å². The molecule has 6 nitrogen and oxygen atoms in total. The average molecular weight is 339 g/mol. The summed E-state index contributed by atoms with van der Waals surface area (Å²) in [4.78, 5) is 21.5. The van der Waals surface area contributed by atoms with Crippen LogP contribution in [0.1, 0.15) is 24.0 Å². The van der Waals surface area contributed by atoms with Gasteiger partial charge < -0.3 is 18.6 Å². The van der Waals surface area contributed by atoms with E-state index in [2.05, 4.69) is 16.8 Å². The van der Waals surface area contributed by atoms with Crippen molar-refractivity contribution in [1.29, 1.82) is 0 Å². The second-order valence-corrected chi connectivity index (χ2v) is 7.16. The second-order valence-electron chi connectivity index (χ2n) is 7.16. The van der Waals surface area contributed by atoms with Gasteiger partial charge >= 0.3 is 5.63 Å². The number of fused-ring (bicyclic) bond motifs is 4. The lowest BCUT2D eigenvalue weighted by Gasteiger charge is -2.31. The Bertz CT molecular complexity index is 1010. The molecule has 1 aliphatic carbocycles. The van der Waals surface area contributed by atoms with Gasteiger partial charge in [0.05, 0.1) is 0 Å². The Balaban J connectivity index is 1.64. The average Bonchev–Trinajstić information content (AvgIpc) is 3.04. The van der Waals surface area contributed by atoms with Gasteiger partial charge in [0.25, 0.3) is 6.01 Å². The summed E-state index contributed by atoms with van der Waals surface area (Å²) in [6.07, 6.45) is 3.93. The van der Waals surface area contributed by atoms with E-state index >= 15 is 0 Å². The standard InChI is InChI=1S/C19H21N3O3/c1-21-6-8-22(9-7-21)19-20-15-10-14-12-4-2-3-5-13(12)18(23)24-16(14)11-17(15)25-19/h10-11H,2-9H2,1H3. The van der Waals surface area contributed by atoms with Gasteiger partial charge in [-0.15, -0.1) is 0 Å². The molecular formula is C19H21N3O3. The number of aromatic nitrogens is 1. The lowest BCUT2D eigenvalue weighted by molar-refractivity contribution is 0.305. The topological polar surface area (TPSA) is 62.7 Å². The van der Waals surface area contributed by atoms with E-state index in [-0.39, 0.29) is 5.63 Å². The van der Waals surface area contributed by atoms with Gasteiger partial charge in [0.15, 0.2) is 5.58 Å². The second kappa shape index (κ2) is 5.59. The van der Waals surface area contributed by atoms with Crippen molar-refractivity contribution in [2.24, 2.45) is 0 Å². The van der Waals surface area contributed by atoms with Gasteiger partial charge in [0, 0.05) is 43.2 Å². The molecule has 2 aliphatic rings. The number of likely N-dealkylation sites (N-methyl/N-ethyl adjacent to an activating group) is 1. The quantitative estimate of drug-likeness (QED) is 0.635. The van der Waals surface area contributed by atoms with E-state index in [0.717, 1.165) is 73.9 Å². The molecule has 1 fully saturated rings. The summed E-state index contributed by atoms with van der Waals surface area (Å²) in [7, 11) is 2.13. The molecule has 1 saturated heterocycles. The van der Waals surface area contributed by atoms with E-state index in [1.165, 1.54) is 0 Å². The van der Waals surface area contributed by atoms with Gasteiger partial charge in [-0.05, 0) is 44.4 Å². The molecule has 0 spiro atoms. The van der Waals surface area contributed by atoms with Crippen LogP contribution in [0.5, 0.6) is 0 Å². The fraction of sp³-hybridized carbons (Fsp3) is 0.474. The molecule has 0 radical (unpaired) electrons. The highest BCUT2D eigenvalue weighted by atomic mass is 16.4. The number of rotatable bonds is 1. The number of aryl methyl sites for hydroxylation is 1. The minimum atomic E-state index is -0.194. The summed E-state index contributed by atoms with van der Waals surface area (Å²) in [5.74, 6) is 0. The van der Waals surface area contributed by atoms with Gasteiger partial charge in [-0.2, -0.15) is 4.98 Å². The van der Waals surface area contributed by atoms with E-state index in [0.29, 0.717) is 17.2 Å². The van der Waals surface area contributed by atoms with E-state index < -0.39 is 0 Å². The highest BCUT2D eigenvalue weighted by molar-refractivity contribution is 5.93. The lowest BCUT2D eigenvalue weighted by Crippen LogP contribution is -2.44. The number of hydrogen-bond acceptors (Lipinski definition) is 6. The third-order valence-electron chi connectivity index (χ3n) is 5.49. The van der Waals surface area contributed by atoms with Crippen LogP contribution in [0.15, 0.2) is 25.8 Å². The Morgan fingerprint density at radius 3 is 2.52 bits per heavy atom. The zero-order valence-electron chi connectivity index (χ0n) is 14.4. The lowest BCUT2D eigenvalue weighted by atomic mass is 9.90. The van der Waals surface area contributed by atoms with Crippen molar-refractivity contribution in [2.45, 2.75) is 25.7 Å². The number of piperazine rings is 1. The maximum absolute atomic E-state index is 12.3. The molecule has 1 aliphatic heterocycles. The molecular weight excluding hydrogens is 318 g/mol. The van der Waals surface area contributed by atoms with Gasteiger partial charge in [0.2, 0.25) is 0 Å². The summed E-state index contributed by atoms with van der Waals surface area (Å²) in [5, 5.41) is 1.01. The number of hydrogen-bond donors (Lipinski definition) is 0. The molecule has 6 heteroatoms. The van der Waals surface area contributed by atoms with Crippen molar-refractivity contribution in [1.82, 2.24) is 9.88 Å². The molecule has 5 rings (SSSR count). The molecule has 25 heavy (non-hydrogen) atoms. The molecule has 2 aromatic heterocycles. The number of benzene rings is 1. The molecule has 3 heterocycles. The molecule has 0 unspecified atom stereocenters. The summed E-state index contributed by atoms with van der Waals surface area (Å²) in [6.45, 7) is 3.83. The van der Waals surface area contributed by atoms with Crippen molar-refractivity contribution in [2.75, 3.05) is 38.1 Å². The molecule has 0 atom stereocenters. The van der Waals surface area contributed by atoms with Gasteiger partial charge in [0.1, 0.15) is 11.1 Å². The summed E-state index contributed by atoms with van der Waals surface area (Å²) in [6, 6.07) is 4.52. The van der Waals surface area contributed by atoms with Crippen LogP contribution >= 0.6 is 0 Å². The Hall–Kier alpha value is -2.34. The van der Waals surface area contributed by atoms with E-state index in [1.54, 1.807) is 0 Å². The fourth-order valence-corrected chi connectivity index (χ4v) is 3.99. The monoisotopic (exact) mass is 339 g/mol. The number of nitrogens with zero attached hydrogens (tertiary/aromatic N) is 3. The normalized spacial score (nSPS) is 18.8. The molecule has 0 N–H and O–H groups in total. The minimum Gasteiger partial charge on any atom is -0.423 e. The summed E-state index contributed by atoms with van der Waals surface area (Å²) in [5.41, 5.74) is 3.92. The zero-order valence-corrected chi connectivity index (χ0v) is 14.4. The maximum Gasteiger partial charge on any atom is 0.339 e. The molecule has 0 bridgehead atoms. The van der Waals surface area contributed by atoms with E-state index in [9.17, 15) is 4.79 Å². The van der Waals surface area contributed by atoms with Crippen LogP contribution in [0, 0.1) is 0 Å². The predicted octanol–water partition coefficient (Wildman–Crippen LogP) is 2.56. The maximum atomic E-state index is 12.3. The van der Waals surface area contributed by atoms with Crippen molar-refractivity contribution < 1.29 is 8.83 Å². The summed E-state index contributed by atoms with van der Waals surface area (Å²) < 4.78 is 11.5. The molecule has 1 aromatic carbocycles.